The standard InChI is InChI=1S/C25H31FN2O2/c1-25(2,3)22(15-24(29)27-13-14-30-4)21-17-28(23-8-6-5-7-20(21)23)16-18-9-11-19(26)12-10-18/h5-12,17,22H,13-16H2,1-4H3,(H,27,29)/t22-/m0/s1. The molecular weight excluding hydrogens is 379 g/mol. The van der Waals surface area contributed by atoms with Gasteiger partial charge in [0.05, 0.1) is 6.61 Å². The van der Waals surface area contributed by atoms with Gasteiger partial charge in [0.15, 0.2) is 0 Å². The van der Waals surface area contributed by atoms with E-state index in [0.717, 1.165) is 16.5 Å². The van der Waals surface area contributed by atoms with E-state index in [0.29, 0.717) is 26.1 Å². The zero-order chi connectivity index (χ0) is 21.7. The molecule has 1 aromatic heterocycles. The molecule has 4 nitrogen and oxygen atoms in total. The van der Waals surface area contributed by atoms with Gasteiger partial charge < -0.3 is 14.6 Å². The smallest absolute Gasteiger partial charge is 0.220 e. The van der Waals surface area contributed by atoms with Crippen molar-refractivity contribution in [2.75, 3.05) is 20.3 Å². The molecule has 0 aliphatic heterocycles. The van der Waals surface area contributed by atoms with Crippen LogP contribution in [0.15, 0.2) is 54.7 Å². The fraction of sp³-hybridized carbons (Fsp3) is 0.400. The average Bonchev–Trinajstić information content (AvgIpc) is 3.05. The van der Waals surface area contributed by atoms with Crippen LogP contribution in [0.3, 0.4) is 0 Å². The lowest BCUT2D eigenvalue weighted by atomic mass is 9.74. The maximum absolute atomic E-state index is 13.3. The Labute approximate surface area is 178 Å². The summed E-state index contributed by atoms with van der Waals surface area (Å²) in [7, 11) is 1.63. The molecule has 3 rings (SSSR count). The predicted molar refractivity (Wildman–Crippen MR) is 119 cm³/mol. The Hall–Kier alpha value is -2.66. The number of methoxy groups -OCH3 is 1. The minimum Gasteiger partial charge on any atom is -0.383 e. The number of nitrogens with one attached hydrogen (secondary N) is 1. The van der Waals surface area contributed by atoms with Gasteiger partial charge in [-0.25, -0.2) is 4.39 Å². The fourth-order valence-electron chi connectivity index (χ4n) is 3.90. The summed E-state index contributed by atoms with van der Waals surface area (Å²) in [5, 5.41) is 4.11. The third kappa shape index (κ3) is 5.28. The van der Waals surface area contributed by atoms with E-state index in [9.17, 15) is 9.18 Å². The molecule has 30 heavy (non-hydrogen) atoms. The van der Waals surface area contributed by atoms with Gasteiger partial charge >= 0.3 is 0 Å². The molecule has 0 spiro atoms. The van der Waals surface area contributed by atoms with Crippen LogP contribution in [0.25, 0.3) is 10.9 Å². The molecule has 0 aliphatic rings. The van der Waals surface area contributed by atoms with Crippen molar-refractivity contribution in [1.82, 2.24) is 9.88 Å². The van der Waals surface area contributed by atoms with Gasteiger partial charge in [0.25, 0.3) is 0 Å². The lowest BCUT2D eigenvalue weighted by Crippen LogP contribution is -2.31. The number of aromatic nitrogens is 1. The van der Waals surface area contributed by atoms with Gasteiger partial charge in [0.2, 0.25) is 5.91 Å². The first kappa shape index (κ1) is 22.0. The van der Waals surface area contributed by atoms with Crippen molar-refractivity contribution in [3.63, 3.8) is 0 Å². The molecule has 0 fully saturated rings. The Morgan fingerprint density at radius 3 is 2.50 bits per heavy atom. The zero-order valence-corrected chi connectivity index (χ0v) is 18.2. The van der Waals surface area contributed by atoms with Crippen LogP contribution in [0, 0.1) is 11.2 Å². The van der Waals surface area contributed by atoms with Gasteiger partial charge in [-0.3, -0.25) is 4.79 Å². The highest BCUT2D eigenvalue weighted by Gasteiger charge is 2.31. The Bertz CT molecular complexity index is 987. The third-order valence-electron chi connectivity index (χ3n) is 5.52. The highest BCUT2D eigenvalue weighted by Crippen LogP contribution is 2.41. The van der Waals surface area contributed by atoms with Crippen LogP contribution in [0.2, 0.25) is 0 Å². The van der Waals surface area contributed by atoms with Gasteiger partial charge in [-0.2, -0.15) is 0 Å². The van der Waals surface area contributed by atoms with Crippen LogP contribution in [0.1, 0.15) is 44.2 Å². The Morgan fingerprint density at radius 2 is 1.83 bits per heavy atom. The number of amides is 1. The molecule has 0 saturated carbocycles. The maximum atomic E-state index is 13.3. The molecule has 3 aromatic rings. The number of halogens is 1. The SMILES string of the molecule is COCCNC(=O)C[C@@H](c1cn(Cc2ccc(F)cc2)c2ccccc12)C(C)(C)C. The van der Waals surface area contributed by atoms with Gasteiger partial charge in [-0.15, -0.1) is 0 Å². The summed E-state index contributed by atoms with van der Waals surface area (Å²) in [5.41, 5.74) is 3.23. The second-order valence-corrected chi connectivity index (χ2v) is 8.82. The minimum absolute atomic E-state index is 0.0299. The molecule has 1 amide bonds. The summed E-state index contributed by atoms with van der Waals surface area (Å²) in [4.78, 5) is 12.6. The minimum atomic E-state index is -0.232. The fourth-order valence-corrected chi connectivity index (χ4v) is 3.90. The van der Waals surface area contributed by atoms with Crippen molar-refractivity contribution in [1.29, 1.82) is 0 Å². The molecule has 5 heteroatoms. The monoisotopic (exact) mass is 410 g/mol. The molecule has 0 aliphatic carbocycles. The van der Waals surface area contributed by atoms with Crippen molar-refractivity contribution < 1.29 is 13.9 Å². The largest absolute Gasteiger partial charge is 0.383 e. The van der Waals surface area contributed by atoms with Crippen molar-refractivity contribution in [3.05, 3.63) is 71.7 Å². The van der Waals surface area contributed by atoms with E-state index in [-0.39, 0.29) is 23.1 Å². The molecule has 0 bridgehead atoms. The normalized spacial score (nSPS) is 12.8. The number of rotatable bonds is 8. The van der Waals surface area contributed by atoms with E-state index < -0.39 is 0 Å². The molecular formula is C25H31FN2O2. The van der Waals surface area contributed by atoms with Crippen LogP contribution in [-0.4, -0.2) is 30.7 Å². The van der Waals surface area contributed by atoms with E-state index in [2.05, 4.69) is 49.0 Å². The van der Waals surface area contributed by atoms with Gasteiger partial charge in [0.1, 0.15) is 5.82 Å². The quantitative estimate of drug-likeness (QED) is 0.524. The molecule has 1 heterocycles. The van der Waals surface area contributed by atoms with E-state index in [1.807, 2.05) is 24.3 Å². The second kappa shape index (κ2) is 9.43. The van der Waals surface area contributed by atoms with E-state index in [1.54, 1.807) is 7.11 Å². The summed E-state index contributed by atoms with van der Waals surface area (Å²) < 4.78 is 20.5. The third-order valence-corrected chi connectivity index (χ3v) is 5.52. The van der Waals surface area contributed by atoms with Crippen molar-refractivity contribution in [2.45, 2.75) is 39.7 Å². The summed E-state index contributed by atoms with van der Waals surface area (Å²) in [6.45, 7) is 8.18. The van der Waals surface area contributed by atoms with E-state index in [4.69, 9.17) is 4.74 Å². The number of fused-ring (bicyclic) bond motifs is 1. The Kier molecular flexibility index (Phi) is 6.93. The van der Waals surface area contributed by atoms with Crippen molar-refractivity contribution in [2.24, 2.45) is 5.41 Å². The molecule has 2 aromatic carbocycles. The number of hydrogen-bond acceptors (Lipinski definition) is 2. The summed E-state index contributed by atoms with van der Waals surface area (Å²) in [5.74, 6) is -0.147. The van der Waals surface area contributed by atoms with Crippen molar-refractivity contribution >= 4 is 16.8 Å². The number of carbonyl (C=O) groups excluding carboxylic acids is 1. The van der Waals surface area contributed by atoms with Gasteiger partial charge in [-0.1, -0.05) is 51.1 Å². The summed E-state index contributed by atoms with van der Waals surface area (Å²) >= 11 is 0. The Balaban J connectivity index is 1.95. The average molecular weight is 411 g/mol. The topological polar surface area (TPSA) is 43.3 Å². The number of carbonyl (C=O) groups is 1. The predicted octanol–water partition coefficient (Wildman–Crippen LogP) is 5.11. The number of ether oxygens (including phenoxy) is 1. The summed E-state index contributed by atoms with van der Waals surface area (Å²) in [6, 6.07) is 14.9. The van der Waals surface area contributed by atoms with E-state index in [1.165, 1.54) is 17.7 Å². The van der Waals surface area contributed by atoms with Crippen LogP contribution in [0.4, 0.5) is 4.39 Å². The molecule has 0 unspecified atom stereocenters. The van der Waals surface area contributed by atoms with Crippen LogP contribution in [-0.2, 0) is 16.1 Å². The molecule has 160 valence electrons. The van der Waals surface area contributed by atoms with Gasteiger partial charge in [0, 0.05) is 43.7 Å². The number of nitrogens with zero attached hydrogens (tertiary/aromatic N) is 1. The first-order valence-corrected chi connectivity index (χ1v) is 10.4. The molecule has 1 atom stereocenters. The second-order valence-electron chi connectivity index (χ2n) is 8.82. The Morgan fingerprint density at radius 1 is 1.13 bits per heavy atom. The van der Waals surface area contributed by atoms with Crippen molar-refractivity contribution in [3.8, 4) is 0 Å². The van der Waals surface area contributed by atoms with Gasteiger partial charge in [-0.05, 0) is 40.7 Å². The highest BCUT2D eigenvalue weighted by atomic mass is 19.1. The molecule has 0 radical (unpaired) electrons. The lowest BCUT2D eigenvalue weighted by Gasteiger charge is -2.30. The molecule has 0 saturated heterocycles. The van der Waals surface area contributed by atoms with Crippen LogP contribution < -0.4 is 5.32 Å². The first-order chi connectivity index (χ1) is 14.3. The summed E-state index contributed by atoms with van der Waals surface area (Å²) in [6.07, 6.45) is 2.57. The zero-order valence-electron chi connectivity index (χ0n) is 18.2. The maximum Gasteiger partial charge on any atom is 0.220 e. The number of hydrogen-bond donors (Lipinski definition) is 1. The lowest BCUT2D eigenvalue weighted by molar-refractivity contribution is -0.122. The molecule has 1 N–H and O–H groups in total. The first-order valence-electron chi connectivity index (χ1n) is 10.4. The number of benzene rings is 2. The van der Waals surface area contributed by atoms with E-state index >= 15 is 0 Å². The van der Waals surface area contributed by atoms with Crippen LogP contribution in [0.5, 0.6) is 0 Å². The number of para-hydroxylation sites is 1. The van der Waals surface area contributed by atoms with Crippen LogP contribution >= 0.6 is 0 Å². The highest BCUT2D eigenvalue weighted by molar-refractivity contribution is 5.86.